The van der Waals surface area contributed by atoms with Crippen LogP contribution in [0, 0.1) is 6.92 Å². The SMILES string of the molecule is Cc1cccc(-c2noc(C(=O)O)c2Br)c1. The Hall–Kier alpha value is -1.62. The second-order valence-electron chi connectivity index (χ2n) is 3.35. The average molecular weight is 282 g/mol. The molecule has 1 aromatic heterocycles. The van der Waals surface area contributed by atoms with Gasteiger partial charge in [0.15, 0.2) is 0 Å². The zero-order valence-corrected chi connectivity index (χ0v) is 9.98. The molecule has 82 valence electrons. The van der Waals surface area contributed by atoms with Gasteiger partial charge in [0.1, 0.15) is 10.2 Å². The van der Waals surface area contributed by atoms with Crippen molar-refractivity contribution >= 4 is 21.9 Å². The van der Waals surface area contributed by atoms with E-state index >= 15 is 0 Å². The van der Waals surface area contributed by atoms with E-state index in [1.54, 1.807) is 0 Å². The van der Waals surface area contributed by atoms with Crippen LogP contribution in [-0.2, 0) is 0 Å². The van der Waals surface area contributed by atoms with E-state index in [0.717, 1.165) is 11.1 Å². The third-order valence-corrected chi connectivity index (χ3v) is 2.86. The van der Waals surface area contributed by atoms with Gasteiger partial charge in [0.25, 0.3) is 5.76 Å². The minimum Gasteiger partial charge on any atom is -0.475 e. The summed E-state index contributed by atoms with van der Waals surface area (Å²) in [6.07, 6.45) is 0. The fourth-order valence-corrected chi connectivity index (χ4v) is 1.93. The van der Waals surface area contributed by atoms with Gasteiger partial charge >= 0.3 is 5.97 Å². The number of benzene rings is 1. The molecule has 16 heavy (non-hydrogen) atoms. The summed E-state index contributed by atoms with van der Waals surface area (Å²) in [6.45, 7) is 1.95. The van der Waals surface area contributed by atoms with Crippen molar-refractivity contribution in [3.63, 3.8) is 0 Å². The fraction of sp³-hybridized carbons (Fsp3) is 0.0909. The third-order valence-electron chi connectivity index (χ3n) is 2.12. The van der Waals surface area contributed by atoms with Gasteiger partial charge in [-0.15, -0.1) is 0 Å². The molecule has 0 aliphatic rings. The molecule has 0 saturated heterocycles. The van der Waals surface area contributed by atoms with Crippen LogP contribution >= 0.6 is 15.9 Å². The summed E-state index contributed by atoms with van der Waals surface area (Å²) in [5, 5.41) is 12.6. The number of carboxylic acids is 1. The Labute approximate surface area is 100 Å². The van der Waals surface area contributed by atoms with Crippen LogP contribution in [0.5, 0.6) is 0 Å². The van der Waals surface area contributed by atoms with E-state index in [-0.39, 0.29) is 5.76 Å². The Bertz CT molecular complexity index is 548. The Morgan fingerprint density at radius 2 is 2.25 bits per heavy atom. The van der Waals surface area contributed by atoms with E-state index in [1.165, 1.54) is 0 Å². The lowest BCUT2D eigenvalue weighted by Crippen LogP contribution is -1.93. The Balaban J connectivity index is 2.53. The van der Waals surface area contributed by atoms with Crippen LogP contribution in [0.25, 0.3) is 11.3 Å². The normalized spacial score (nSPS) is 10.4. The van der Waals surface area contributed by atoms with Crippen molar-refractivity contribution in [2.24, 2.45) is 0 Å². The van der Waals surface area contributed by atoms with E-state index in [9.17, 15) is 4.79 Å². The minimum atomic E-state index is -1.14. The molecule has 0 unspecified atom stereocenters. The summed E-state index contributed by atoms with van der Waals surface area (Å²) < 4.78 is 5.12. The molecule has 0 atom stereocenters. The second-order valence-corrected chi connectivity index (χ2v) is 4.14. The lowest BCUT2D eigenvalue weighted by atomic mass is 10.1. The van der Waals surface area contributed by atoms with Crippen molar-refractivity contribution in [3.8, 4) is 11.3 Å². The Morgan fingerprint density at radius 3 is 2.81 bits per heavy atom. The molecule has 1 heterocycles. The smallest absolute Gasteiger partial charge is 0.375 e. The number of hydrogen-bond acceptors (Lipinski definition) is 3. The van der Waals surface area contributed by atoms with Crippen LogP contribution < -0.4 is 0 Å². The van der Waals surface area contributed by atoms with Crippen molar-refractivity contribution in [1.29, 1.82) is 0 Å². The molecule has 2 aromatic rings. The maximum absolute atomic E-state index is 10.8. The molecule has 0 aliphatic heterocycles. The molecule has 0 saturated carbocycles. The monoisotopic (exact) mass is 281 g/mol. The molecule has 4 nitrogen and oxygen atoms in total. The van der Waals surface area contributed by atoms with E-state index < -0.39 is 5.97 Å². The first-order chi connectivity index (χ1) is 7.59. The number of nitrogens with zero attached hydrogens (tertiary/aromatic N) is 1. The molecule has 5 heteroatoms. The second kappa shape index (κ2) is 4.09. The number of carboxylic acid groups (broad SMARTS) is 1. The van der Waals surface area contributed by atoms with Gasteiger partial charge in [0, 0.05) is 5.56 Å². The summed E-state index contributed by atoms with van der Waals surface area (Å²) in [5.74, 6) is -1.32. The van der Waals surface area contributed by atoms with Crippen molar-refractivity contribution in [2.75, 3.05) is 0 Å². The standard InChI is InChI=1S/C11H8BrNO3/c1-6-3-2-4-7(5-6)9-8(12)10(11(14)15)16-13-9/h2-5H,1H3,(H,14,15). The van der Waals surface area contributed by atoms with Crippen LogP contribution in [0.3, 0.4) is 0 Å². The topological polar surface area (TPSA) is 63.3 Å². The van der Waals surface area contributed by atoms with E-state index in [2.05, 4.69) is 21.1 Å². The van der Waals surface area contributed by atoms with Crippen molar-refractivity contribution < 1.29 is 14.4 Å². The highest BCUT2D eigenvalue weighted by Gasteiger charge is 2.20. The highest BCUT2D eigenvalue weighted by molar-refractivity contribution is 9.10. The lowest BCUT2D eigenvalue weighted by Gasteiger charge is -1.97. The van der Waals surface area contributed by atoms with Crippen molar-refractivity contribution in [3.05, 3.63) is 40.1 Å². The number of aromatic carboxylic acids is 1. The molecule has 0 amide bonds. The Kier molecular flexibility index (Phi) is 2.78. The summed E-state index contributed by atoms with van der Waals surface area (Å²) in [4.78, 5) is 10.8. The zero-order valence-electron chi connectivity index (χ0n) is 8.40. The van der Waals surface area contributed by atoms with Crippen molar-refractivity contribution in [2.45, 2.75) is 6.92 Å². The summed E-state index contributed by atoms with van der Waals surface area (Å²) in [5.41, 5.74) is 2.40. The van der Waals surface area contributed by atoms with Crippen LogP contribution in [0.2, 0.25) is 0 Å². The van der Waals surface area contributed by atoms with Crippen LogP contribution in [0.1, 0.15) is 16.1 Å². The molecule has 0 fully saturated rings. The zero-order chi connectivity index (χ0) is 11.7. The van der Waals surface area contributed by atoms with E-state index in [0.29, 0.717) is 10.2 Å². The number of aryl methyl sites for hydroxylation is 1. The predicted octanol–water partition coefficient (Wildman–Crippen LogP) is 3.11. The number of aromatic nitrogens is 1. The van der Waals surface area contributed by atoms with Crippen molar-refractivity contribution in [1.82, 2.24) is 5.16 Å². The van der Waals surface area contributed by atoms with Crippen LogP contribution in [-0.4, -0.2) is 16.2 Å². The molecule has 1 aromatic carbocycles. The third kappa shape index (κ3) is 1.86. The van der Waals surface area contributed by atoms with Gasteiger partial charge in [0.2, 0.25) is 0 Å². The molecule has 0 radical (unpaired) electrons. The van der Waals surface area contributed by atoms with Gasteiger partial charge in [-0.25, -0.2) is 4.79 Å². The molecule has 0 aliphatic carbocycles. The first-order valence-corrected chi connectivity index (χ1v) is 5.34. The average Bonchev–Trinajstić information content (AvgIpc) is 2.60. The largest absolute Gasteiger partial charge is 0.475 e. The number of halogens is 1. The van der Waals surface area contributed by atoms with Gasteiger partial charge in [-0.3, -0.25) is 0 Å². The lowest BCUT2D eigenvalue weighted by molar-refractivity contribution is 0.0650. The van der Waals surface area contributed by atoms with Crippen LogP contribution in [0.15, 0.2) is 33.3 Å². The highest BCUT2D eigenvalue weighted by atomic mass is 79.9. The first-order valence-electron chi connectivity index (χ1n) is 4.55. The quantitative estimate of drug-likeness (QED) is 0.919. The predicted molar refractivity (Wildman–Crippen MR) is 61.3 cm³/mol. The number of rotatable bonds is 2. The van der Waals surface area contributed by atoms with Gasteiger partial charge in [-0.1, -0.05) is 28.9 Å². The highest BCUT2D eigenvalue weighted by Crippen LogP contribution is 2.30. The molecule has 1 N–H and O–H groups in total. The van der Waals surface area contributed by atoms with Gasteiger partial charge in [-0.2, -0.15) is 0 Å². The summed E-state index contributed by atoms with van der Waals surface area (Å²) >= 11 is 3.18. The molecule has 2 rings (SSSR count). The summed E-state index contributed by atoms with van der Waals surface area (Å²) in [6, 6.07) is 7.59. The first kappa shape index (κ1) is 10.9. The summed E-state index contributed by atoms with van der Waals surface area (Å²) in [7, 11) is 0. The Morgan fingerprint density at radius 1 is 1.50 bits per heavy atom. The molecule has 0 spiro atoms. The minimum absolute atomic E-state index is 0.184. The van der Waals surface area contributed by atoms with E-state index in [1.807, 2.05) is 31.2 Å². The van der Waals surface area contributed by atoms with Gasteiger partial charge < -0.3 is 9.63 Å². The molecule has 0 bridgehead atoms. The number of carbonyl (C=O) groups is 1. The van der Waals surface area contributed by atoms with Crippen LogP contribution in [0.4, 0.5) is 0 Å². The maximum Gasteiger partial charge on any atom is 0.375 e. The fourth-order valence-electron chi connectivity index (χ4n) is 1.38. The molecular formula is C11H8BrNO3. The van der Waals surface area contributed by atoms with E-state index in [4.69, 9.17) is 9.63 Å². The van der Waals surface area contributed by atoms with Gasteiger partial charge in [0.05, 0.1) is 0 Å². The number of hydrogen-bond donors (Lipinski definition) is 1. The maximum atomic E-state index is 10.8. The molecular weight excluding hydrogens is 274 g/mol. The van der Waals surface area contributed by atoms with Gasteiger partial charge in [-0.05, 0) is 28.9 Å².